The van der Waals surface area contributed by atoms with Gasteiger partial charge in [-0.05, 0) is 44.9 Å². The molecule has 378 valence electrons. The highest BCUT2D eigenvalue weighted by molar-refractivity contribution is 7.45. The zero-order chi connectivity index (χ0) is 47.1. The van der Waals surface area contributed by atoms with Crippen LogP contribution in [0.15, 0.2) is 36.5 Å². The molecule has 0 saturated carbocycles. The monoisotopic (exact) mass is 923 g/mol. The second-order valence-corrected chi connectivity index (χ2v) is 21.3. The Morgan fingerprint density at radius 1 is 0.547 bits per heavy atom. The average molecular weight is 923 g/mol. The van der Waals surface area contributed by atoms with E-state index in [4.69, 9.17) is 9.05 Å². The number of carbonyl (C=O) groups excluding carboxylic acids is 1. The van der Waals surface area contributed by atoms with Crippen LogP contribution in [0.25, 0.3) is 0 Å². The van der Waals surface area contributed by atoms with Crippen LogP contribution in [0.3, 0.4) is 0 Å². The molecule has 3 atom stereocenters. The van der Waals surface area contributed by atoms with Crippen molar-refractivity contribution in [3.63, 3.8) is 0 Å². The van der Waals surface area contributed by atoms with Crippen molar-refractivity contribution in [2.75, 3.05) is 40.9 Å². The zero-order valence-corrected chi connectivity index (χ0v) is 43.9. The van der Waals surface area contributed by atoms with Crippen molar-refractivity contribution in [2.24, 2.45) is 0 Å². The highest BCUT2D eigenvalue weighted by Gasteiger charge is 2.23. The normalized spacial score (nSPS) is 14.3. The van der Waals surface area contributed by atoms with Crippen molar-refractivity contribution in [1.29, 1.82) is 0 Å². The lowest BCUT2D eigenvalue weighted by atomic mass is 10.0. The molecule has 0 fully saturated rings. The Morgan fingerprint density at radius 3 is 1.34 bits per heavy atom. The summed E-state index contributed by atoms with van der Waals surface area (Å²) in [4.78, 5) is 25.4. The molecular formula is C55H107N2O6P. The molecular weight excluding hydrogens is 816 g/mol. The maximum Gasteiger partial charge on any atom is 0.268 e. The van der Waals surface area contributed by atoms with Gasteiger partial charge in [-0.2, -0.15) is 0 Å². The predicted molar refractivity (Wildman–Crippen MR) is 275 cm³/mol. The summed E-state index contributed by atoms with van der Waals surface area (Å²) in [6.45, 7) is 4.62. The number of allylic oxidation sites excluding steroid dienone is 5. The van der Waals surface area contributed by atoms with Crippen molar-refractivity contribution in [2.45, 2.75) is 270 Å². The maximum atomic E-state index is 12.9. The first-order valence-corrected chi connectivity index (χ1v) is 28.8. The first-order valence-electron chi connectivity index (χ1n) is 27.4. The highest BCUT2D eigenvalue weighted by Crippen LogP contribution is 2.38. The molecule has 0 rings (SSSR count). The Hall–Kier alpha value is -1.28. The van der Waals surface area contributed by atoms with E-state index in [1.807, 2.05) is 27.2 Å². The molecule has 64 heavy (non-hydrogen) atoms. The van der Waals surface area contributed by atoms with Crippen LogP contribution in [0.5, 0.6) is 0 Å². The zero-order valence-electron chi connectivity index (χ0n) is 43.0. The van der Waals surface area contributed by atoms with Crippen LogP contribution in [0, 0.1) is 0 Å². The minimum Gasteiger partial charge on any atom is -0.756 e. The van der Waals surface area contributed by atoms with Crippen molar-refractivity contribution in [3.8, 4) is 0 Å². The van der Waals surface area contributed by atoms with Crippen LogP contribution < -0.4 is 10.2 Å². The van der Waals surface area contributed by atoms with Crippen LogP contribution in [0.2, 0.25) is 0 Å². The van der Waals surface area contributed by atoms with E-state index in [-0.39, 0.29) is 19.1 Å². The highest BCUT2D eigenvalue weighted by atomic mass is 31.2. The molecule has 2 N–H and O–H groups in total. The van der Waals surface area contributed by atoms with Crippen molar-refractivity contribution in [3.05, 3.63) is 36.5 Å². The Kier molecular flexibility index (Phi) is 45.9. The molecule has 0 aromatic rings. The molecule has 0 aliphatic rings. The van der Waals surface area contributed by atoms with Gasteiger partial charge >= 0.3 is 0 Å². The molecule has 0 radical (unpaired) electrons. The van der Waals surface area contributed by atoms with E-state index in [0.29, 0.717) is 17.4 Å². The van der Waals surface area contributed by atoms with Gasteiger partial charge in [0.2, 0.25) is 5.91 Å². The molecule has 8 nitrogen and oxygen atoms in total. The Balaban J connectivity index is 4.16. The number of nitrogens with zero attached hydrogens (tertiary/aromatic N) is 1. The Labute approximate surface area is 397 Å². The topological polar surface area (TPSA) is 108 Å². The molecule has 0 saturated heterocycles. The van der Waals surface area contributed by atoms with Crippen LogP contribution in [-0.2, 0) is 18.4 Å². The number of aliphatic hydroxyl groups excluding tert-OH is 1. The lowest BCUT2D eigenvalue weighted by Gasteiger charge is -2.29. The van der Waals surface area contributed by atoms with Crippen molar-refractivity contribution < 1.29 is 32.9 Å². The van der Waals surface area contributed by atoms with Crippen molar-refractivity contribution >= 4 is 13.7 Å². The fraction of sp³-hybridized carbons (Fsp3) is 0.873. The van der Waals surface area contributed by atoms with Gasteiger partial charge in [0.1, 0.15) is 13.2 Å². The third-order valence-electron chi connectivity index (χ3n) is 12.3. The van der Waals surface area contributed by atoms with E-state index in [1.165, 1.54) is 173 Å². The number of nitrogens with one attached hydrogen (secondary N) is 1. The standard InChI is InChI=1S/C55H107N2O6P/c1-6-8-10-12-14-16-18-20-22-23-24-25-26-27-28-29-30-31-32-33-34-35-36-38-40-42-44-46-48-54(58)53(52-63-64(60,61)62-51-50-57(3,4)5)56-55(59)49-47-45-43-41-39-37-21-19-17-15-13-11-9-7-2/h13,15,19,21,46,48,53-54,58H,6-12,14,16-18,20,22-45,47,49-52H2,1-5H3,(H-,56,59,60,61)/b15-13-,21-19-,48-46+. The molecule has 0 aromatic carbocycles. The lowest BCUT2D eigenvalue weighted by Crippen LogP contribution is -2.45. The third-order valence-corrected chi connectivity index (χ3v) is 13.3. The number of unbranched alkanes of at least 4 members (excludes halogenated alkanes) is 33. The van der Waals surface area contributed by atoms with E-state index in [0.717, 1.165) is 64.2 Å². The van der Waals surface area contributed by atoms with Gasteiger partial charge in [-0.1, -0.05) is 243 Å². The van der Waals surface area contributed by atoms with Crippen LogP contribution in [0.4, 0.5) is 0 Å². The number of aliphatic hydroxyl groups is 1. The number of rotatable bonds is 50. The van der Waals surface area contributed by atoms with E-state index >= 15 is 0 Å². The minimum atomic E-state index is -4.60. The van der Waals surface area contributed by atoms with Gasteiger partial charge in [0.25, 0.3) is 7.82 Å². The van der Waals surface area contributed by atoms with Gasteiger partial charge in [-0.25, -0.2) is 0 Å². The second-order valence-electron chi connectivity index (χ2n) is 19.9. The number of carbonyl (C=O) groups is 1. The van der Waals surface area contributed by atoms with Crippen LogP contribution in [0.1, 0.15) is 258 Å². The largest absolute Gasteiger partial charge is 0.756 e. The summed E-state index contributed by atoms with van der Waals surface area (Å²) in [6, 6.07) is -0.893. The van der Waals surface area contributed by atoms with Crippen molar-refractivity contribution in [1.82, 2.24) is 5.32 Å². The summed E-state index contributed by atoms with van der Waals surface area (Å²) >= 11 is 0. The SMILES string of the molecule is CCCC/C=C\C/C=C\CCCCCCCC(=O)NC(COP(=O)([O-])OCC[N+](C)(C)C)C(O)/C=C/CCCCCCCCCCCCCCCCCCCCCCCCCCCC. The summed E-state index contributed by atoms with van der Waals surface area (Å²) < 4.78 is 23.3. The molecule has 0 aliphatic heterocycles. The number of quaternary nitrogens is 1. The van der Waals surface area contributed by atoms with Gasteiger partial charge in [-0.15, -0.1) is 0 Å². The van der Waals surface area contributed by atoms with E-state index < -0.39 is 20.0 Å². The predicted octanol–water partition coefficient (Wildman–Crippen LogP) is 15.6. The van der Waals surface area contributed by atoms with E-state index in [1.54, 1.807) is 6.08 Å². The lowest BCUT2D eigenvalue weighted by molar-refractivity contribution is -0.870. The molecule has 1 amide bonds. The molecule has 0 aliphatic carbocycles. The first-order chi connectivity index (χ1) is 31.0. The van der Waals surface area contributed by atoms with Gasteiger partial charge in [0, 0.05) is 6.42 Å². The molecule has 3 unspecified atom stereocenters. The number of likely N-dealkylation sites (N-methyl/N-ethyl adjacent to an activating group) is 1. The van der Waals surface area contributed by atoms with E-state index in [2.05, 4.69) is 43.5 Å². The number of hydrogen-bond acceptors (Lipinski definition) is 6. The summed E-state index contributed by atoms with van der Waals surface area (Å²) in [7, 11) is 1.25. The molecule has 0 heterocycles. The van der Waals surface area contributed by atoms with Gasteiger partial charge in [-0.3, -0.25) is 9.36 Å². The summed E-state index contributed by atoms with van der Waals surface area (Å²) in [5.41, 5.74) is 0. The minimum absolute atomic E-state index is 0.00382. The molecule has 0 bridgehead atoms. The van der Waals surface area contributed by atoms with Gasteiger partial charge in [0.15, 0.2) is 0 Å². The smallest absolute Gasteiger partial charge is 0.268 e. The van der Waals surface area contributed by atoms with Gasteiger partial charge < -0.3 is 28.8 Å². The van der Waals surface area contributed by atoms with Crippen LogP contribution in [-0.4, -0.2) is 68.5 Å². The number of amides is 1. The average Bonchev–Trinajstić information content (AvgIpc) is 3.25. The Morgan fingerprint density at radius 2 is 0.922 bits per heavy atom. The first kappa shape index (κ1) is 62.7. The quantitative estimate of drug-likeness (QED) is 0.0272. The van der Waals surface area contributed by atoms with Crippen LogP contribution >= 0.6 is 7.82 Å². The Bertz CT molecular complexity index is 1140. The summed E-state index contributed by atoms with van der Waals surface area (Å²) in [6.07, 6.45) is 59.4. The fourth-order valence-electron chi connectivity index (χ4n) is 7.99. The molecule has 9 heteroatoms. The number of phosphoric acid groups is 1. The maximum absolute atomic E-state index is 12.9. The fourth-order valence-corrected chi connectivity index (χ4v) is 8.72. The number of hydrogen-bond donors (Lipinski definition) is 2. The van der Waals surface area contributed by atoms with E-state index in [9.17, 15) is 19.4 Å². The number of phosphoric ester groups is 1. The molecule has 0 aromatic heterocycles. The molecule has 0 spiro atoms. The second kappa shape index (κ2) is 46.8. The summed E-state index contributed by atoms with van der Waals surface area (Å²) in [5.74, 6) is -0.210. The summed E-state index contributed by atoms with van der Waals surface area (Å²) in [5, 5.41) is 13.8. The van der Waals surface area contributed by atoms with Gasteiger partial charge in [0.05, 0.1) is 39.9 Å². The third kappa shape index (κ3) is 48.6.